The predicted molar refractivity (Wildman–Crippen MR) is 98.7 cm³/mol. The minimum Gasteiger partial charge on any atom is -0.444 e. The Morgan fingerprint density at radius 1 is 1.04 bits per heavy atom. The Morgan fingerprint density at radius 2 is 1.89 bits per heavy atom. The number of carbonyl (C=O) groups excluding carboxylic acids is 1. The molecule has 4 rings (SSSR count). The SMILES string of the molecule is Cc1ccc(-c2nnco2)cc1NC(=O)Cc1coc(-c2ccccc2)n1. The van der Waals surface area contributed by atoms with Crippen molar-refractivity contribution in [1.29, 1.82) is 0 Å². The first-order valence-electron chi connectivity index (χ1n) is 8.36. The van der Waals surface area contributed by atoms with Crippen LogP contribution in [0.15, 0.2) is 70.0 Å². The lowest BCUT2D eigenvalue weighted by Gasteiger charge is -2.08. The average Bonchev–Trinajstić information content (AvgIpc) is 3.36. The van der Waals surface area contributed by atoms with E-state index in [0.29, 0.717) is 23.2 Å². The maximum absolute atomic E-state index is 12.4. The molecule has 2 aromatic carbocycles. The zero-order valence-corrected chi connectivity index (χ0v) is 14.5. The van der Waals surface area contributed by atoms with Crippen LogP contribution in [0.25, 0.3) is 22.9 Å². The lowest BCUT2D eigenvalue weighted by Crippen LogP contribution is -2.15. The van der Waals surface area contributed by atoms with Gasteiger partial charge in [-0.3, -0.25) is 4.79 Å². The maximum atomic E-state index is 12.4. The summed E-state index contributed by atoms with van der Waals surface area (Å²) in [5, 5.41) is 10.5. The summed E-state index contributed by atoms with van der Waals surface area (Å²) in [5.74, 6) is 0.705. The Hall–Kier alpha value is -3.74. The van der Waals surface area contributed by atoms with Gasteiger partial charge < -0.3 is 14.2 Å². The van der Waals surface area contributed by atoms with Crippen molar-refractivity contribution in [2.45, 2.75) is 13.3 Å². The van der Waals surface area contributed by atoms with Crippen molar-refractivity contribution in [1.82, 2.24) is 15.2 Å². The molecule has 0 saturated carbocycles. The predicted octanol–water partition coefficient (Wildman–Crippen LogP) is 3.88. The van der Waals surface area contributed by atoms with Gasteiger partial charge >= 0.3 is 0 Å². The number of anilines is 1. The van der Waals surface area contributed by atoms with Gasteiger partial charge in [0.15, 0.2) is 0 Å². The Balaban J connectivity index is 1.47. The maximum Gasteiger partial charge on any atom is 0.247 e. The summed E-state index contributed by atoms with van der Waals surface area (Å²) in [4.78, 5) is 16.8. The lowest BCUT2D eigenvalue weighted by molar-refractivity contribution is -0.115. The van der Waals surface area contributed by atoms with Crippen LogP contribution < -0.4 is 5.32 Å². The molecule has 0 fully saturated rings. The molecule has 0 aliphatic heterocycles. The molecule has 134 valence electrons. The van der Waals surface area contributed by atoms with Crippen molar-refractivity contribution in [3.8, 4) is 22.9 Å². The van der Waals surface area contributed by atoms with Gasteiger partial charge in [-0.25, -0.2) is 4.98 Å². The molecular weight excluding hydrogens is 344 g/mol. The fraction of sp³-hybridized carbons (Fsp3) is 0.100. The first-order valence-corrected chi connectivity index (χ1v) is 8.36. The van der Waals surface area contributed by atoms with E-state index in [1.54, 1.807) is 6.07 Å². The van der Waals surface area contributed by atoms with Crippen LogP contribution in [-0.4, -0.2) is 21.1 Å². The number of benzene rings is 2. The number of nitrogens with one attached hydrogen (secondary N) is 1. The van der Waals surface area contributed by atoms with Crippen LogP contribution in [0, 0.1) is 6.92 Å². The van der Waals surface area contributed by atoms with E-state index in [0.717, 1.165) is 16.7 Å². The highest BCUT2D eigenvalue weighted by atomic mass is 16.4. The zero-order valence-electron chi connectivity index (χ0n) is 14.5. The number of aryl methyl sites for hydroxylation is 1. The summed E-state index contributed by atoms with van der Waals surface area (Å²) < 4.78 is 10.7. The molecule has 0 unspecified atom stereocenters. The molecular formula is C20H16N4O3. The van der Waals surface area contributed by atoms with E-state index in [4.69, 9.17) is 8.83 Å². The van der Waals surface area contributed by atoms with Gasteiger partial charge in [0, 0.05) is 16.8 Å². The molecule has 0 atom stereocenters. The molecule has 0 saturated heterocycles. The van der Waals surface area contributed by atoms with Crippen LogP contribution in [0.3, 0.4) is 0 Å². The highest BCUT2D eigenvalue weighted by molar-refractivity contribution is 5.93. The minimum absolute atomic E-state index is 0.112. The second-order valence-electron chi connectivity index (χ2n) is 6.01. The third kappa shape index (κ3) is 3.77. The fourth-order valence-electron chi connectivity index (χ4n) is 2.65. The molecule has 7 nitrogen and oxygen atoms in total. The summed E-state index contributed by atoms with van der Waals surface area (Å²) in [6, 6.07) is 15.1. The third-order valence-corrected chi connectivity index (χ3v) is 4.03. The van der Waals surface area contributed by atoms with Crippen LogP contribution >= 0.6 is 0 Å². The van der Waals surface area contributed by atoms with Gasteiger partial charge in [-0.1, -0.05) is 24.3 Å². The molecule has 0 aliphatic rings. The summed E-state index contributed by atoms with van der Waals surface area (Å²) >= 11 is 0. The van der Waals surface area contributed by atoms with E-state index in [2.05, 4.69) is 20.5 Å². The number of aromatic nitrogens is 3. The van der Waals surface area contributed by atoms with Crippen molar-refractivity contribution in [3.63, 3.8) is 0 Å². The quantitative estimate of drug-likeness (QED) is 0.580. The molecule has 1 N–H and O–H groups in total. The van der Waals surface area contributed by atoms with Crippen LogP contribution in [0.2, 0.25) is 0 Å². The summed E-state index contributed by atoms with van der Waals surface area (Å²) in [7, 11) is 0. The number of hydrogen-bond acceptors (Lipinski definition) is 6. The Kier molecular flexibility index (Phi) is 4.49. The van der Waals surface area contributed by atoms with Crippen LogP contribution in [-0.2, 0) is 11.2 Å². The lowest BCUT2D eigenvalue weighted by atomic mass is 10.1. The number of hydrogen-bond donors (Lipinski definition) is 1. The van der Waals surface area contributed by atoms with E-state index < -0.39 is 0 Å². The molecule has 0 spiro atoms. The fourth-order valence-corrected chi connectivity index (χ4v) is 2.65. The molecule has 4 aromatic rings. The van der Waals surface area contributed by atoms with Gasteiger partial charge in [-0.15, -0.1) is 10.2 Å². The number of nitrogens with zero attached hydrogens (tertiary/aromatic N) is 3. The number of rotatable bonds is 5. The molecule has 7 heteroatoms. The summed E-state index contributed by atoms with van der Waals surface area (Å²) in [6.07, 6.45) is 2.88. The Labute approximate surface area is 155 Å². The van der Waals surface area contributed by atoms with Crippen LogP contribution in [0.5, 0.6) is 0 Å². The molecule has 2 heterocycles. The highest BCUT2D eigenvalue weighted by Gasteiger charge is 2.13. The number of amides is 1. The number of oxazole rings is 1. The first-order chi connectivity index (χ1) is 13.2. The van der Waals surface area contributed by atoms with Crippen molar-refractivity contribution in [2.75, 3.05) is 5.32 Å². The van der Waals surface area contributed by atoms with Crippen LogP contribution in [0.4, 0.5) is 5.69 Å². The molecule has 2 aromatic heterocycles. The van der Waals surface area contributed by atoms with Crippen molar-refractivity contribution in [3.05, 3.63) is 72.4 Å². The molecule has 0 aliphatic carbocycles. The Bertz CT molecular complexity index is 1060. The first kappa shape index (κ1) is 16.7. The molecule has 1 amide bonds. The average molecular weight is 360 g/mol. The smallest absolute Gasteiger partial charge is 0.247 e. The van der Waals surface area contributed by atoms with E-state index in [9.17, 15) is 4.79 Å². The van der Waals surface area contributed by atoms with E-state index in [1.807, 2.05) is 49.4 Å². The molecule has 0 bridgehead atoms. The second kappa shape index (κ2) is 7.25. The molecule has 0 radical (unpaired) electrons. The summed E-state index contributed by atoms with van der Waals surface area (Å²) in [6.45, 7) is 1.91. The minimum atomic E-state index is -0.186. The van der Waals surface area contributed by atoms with E-state index in [1.165, 1.54) is 12.7 Å². The standard InChI is InChI=1S/C20H16N4O3/c1-13-7-8-15(20-24-21-12-27-20)9-17(13)23-18(25)10-16-11-26-19(22-16)14-5-3-2-4-6-14/h2-9,11-12H,10H2,1H3,(H,23,25). The zero-order chi connectivity index (χ0) is 18.6. The van der Waals surface area contributed by atoms with Gasteiger partial charge in [0.1, 0.15) is 6.26 Å². The van der Waals surface area contributed by atoms with Gasteiger partial charge in [-0.2, -0.15) is 0 Å². The Morgan fingerprint density at radius 3 is 2.67 bits per heavy atom. The van der Waals surface area contributed by atoms with Crippen LogP contribution in [0.1, 0.15) is 11.3 Å². The number of carbonyl (C=O) groups is 1. The summed E-state index contributed by atoms with van der Waals surface area (Å²) in [5.41, 5.74) is 3.78. The van der Waals surface area contributed by atoms with E-state index in [-0.39, 0.29) is 12.3 Å². The van der Waals surface area contributed by atoms with Crippen molar-refractivity contribution >= 4 is 11.6 Å². The molecule has 27 heavy (non-hydrogen) atoms. The topological polar surface area (TPSA) is 94.1 Å². The van der Waals surface area contributed by atoms with Gasteiger partial charge in [-0.05, 0) is 36.8 Å². The largest absolute Gasteiger partial charge is 0.444 e. The second-order valence-corrected chi connectivity index (χ2v) is 6.01. The van der Waals surface area contributed by atoms with Gasteiger partial charge in [0.25, 0.3) is 0 Å². The van der Waals surface area contributed by atoms with Gasteiger partial charge in [0.2, 0.25) is 24.1 Å². The normalized spacial score (nSPS) is 10.7. The highest BCUT2D eigenvalue weighted by Crippen LogP contribution is 2.24. The van der Waals surface area contributed by atoms with E-state index >= 15 is 0 Å². The van der Waals surface area contributed by atoms with Crippen molar-refractivity contribution in [2.24, 2.45) is 0 Å². The third-order valence-electron chi connectivity index (χ3n) is 4.03. The monoisotopic (exact) mass is 360 g/mol. The van der Waals surface area contributed by atoms with Gasteiger partial charge in [0.05, 0.1) is 12.1 Å². The van der Waals surface area contributed by atoms with Crippen molar-refractivity contribution < 1.29 is 13.6 Å².